The highest BCUT2D eigenvalue weighted by Crippen LogP contribution is 2.27. The molecule has 120 valence electrons. The smallest absolute Gasteiger partial charge is 0.328 e. The predicted molar refractivity (Wildman–Crippen MR) is 83.3 cm³/mol. The van der Waals surface area contributed by atoms with Gasteiger partial charge in [0.25, 0.3) is 0 Å². The molecular formula is C12H14BrN3O5S. The molecule has 22 heavy (non-hydrogen) atoms. The van der Waals surface area contributed by atoms with Gasteiger partial charge in [0.05, 0.1) is 15.9 Å². The Labute approximate surface area is 134 Å². The fraction of sp³-hybridized carbons (Fsp3) is 0.333. The molecule has 0 amide bonds. The number of halogens is 1. The van der Waals surface area contributed by atoms with Crippen LogP contribution in [0.2, 0.25) is 0 Å². The molecule has 10 heteroatoms. The summed E-state index contributed by atoms with van der Waals surface area (Å²) in [5.41, 5.74) is 0.701. The Morgan fingerprint density at radius 2 is 1.77 bits per heavy atom. The molecule has 0 fully saturated rings. The maximum atomic E-state index is 12.3. The van der Waals surface area contributed by atoms with Crippen LogP contribution in [0.25, 0.3) is 11.0 Å². The van der Waals surface area contributed by atoms with E-state index in [-0.39, 0.29) is 15.1 Å². The highest BCUT2D eigenvalue weighted by Gasteiger charge is 2.25. The number of hydrogen-bond donors (Lipinski definition) is 2. The molecule has 1 atom stereocenters. The topological polar surface area (TPSA) is 110 Å². The highest BCUT2D eigenvalue weighted by atomic mass is 79.9. The third-order valence-corrected chi connectivity index (χ3v) is 5.82. The lowest BCUT2D eigenvalue weighted by Gasteiger charge is -2.12. The molecule has 0 aliphatic rings. The SMILES string of the molecule is C[C@H](NS(=O)(=O)c1cc2c(cc1Br)n(C)c(=O)n2C)C(=O)O. The Morgan fingerprint density at radius 3 is 2.27 bits per heavy atom. The fourth-order valence-corrected chi connectivity index (χ4v) is 4.30. The van der Waals surface area contributed by atoms with E-state index in [0.717, 1.165) is 0 Å². The van der Waals surface area contributed by atoms with Crippen LogP contribution in [0.1, 0.15) is 6.92 Å². The Morgan fingerprint density at radius 1 is 1.27 bits per heavy atom. The lowest BCUT2D eigenvalue weighted by molar-refractivity contribution is -0.138. The quantitative estimate of drug-likeness (QED) is 0.782. The van der Waals surface area contributed by atoms with Crippen molar-refractivity contribution in [3.63, 3.8) is 0 Å². The molecule has 1 aromatic carbocycles. The molecule has 0 saturated heterocycles. The Hall–Kier alpha value is -1.65. The second kappa shape index (κ2) is 5.52. The van der Waals surface area contributed by atoms with Crippen molar-refractivity contribution in [3.05, 3.63) is 27.1 Å². The standard InChI is InChI=1S/C12H14BrN3O5S/c1-6(11(17)18)14-22(20,21)10-5-9-8(4-7(10)13)15(2)12(19)16(9)3/h4-6,14H,1-3H3,(H,17,18)/t6-/m0/s1. The Bertz CT molecular complexity index is 928. The van der Waals surface area contributed by atoms with Gasteiger partial charge in [-0.05, 0) is 35.0 Å². The van der Waals surface area contributed by atoms with Crippen LogP contribution in [-0.4, -0.2) is 34.7 Å². The number of carboxylic acids is 1. The van der Waals surface area contributed by atoms with Gasteiger partial charge in [0.2, 0.25) is 10.0 Å². The number of nitrogens with zero attached hydrogens (tertiary/aromatic N) is 2. The molecule has 0 bridgehead atoms. The van der Waals surface area contributed by atoms with E-state index in [1.54, 1.807) is 7.05 Å². The van der Waals surface area contributed by atoms with Gasteiger partial charge in [0, 0.05) is 18.6 Å². The zero-order chi connectivity index (χ0) is 16.8. The summed E-state index contributed by atoms with van der Waals surface area (Å²) >= 11 is 3.16. The minimum Gasteiger partial charge on any atom is -0.480 e. The molecular weight excluding hydrogens is 378 g/mol. The van der Waals surface area contributed by atoms with Crippen LogP contribution in [0.3, 0.4) is 0 Å². The summed E-state index contributed by atoms with van der Waals surface area (Å²) in [4.78, 5) is 22.6. The Balaban J connectivity index is 2.66. The first-order chi connectivity index (χ1) is 10.1. The van der Waals surface area contributed by atoms with Crippen LogP contribution in [0.15, 0.2) is 26.3 Å². The van der Waals surface area contributed by atoms with Gasteiger partial charge in [-0.15, -0.1) is 0 Å². The third-order valence-electron chi connectivity index (χ3n) is 3.32. The largest absolute Gasteiger partial charge is 0.480 e. The third kappa shape index (κ3) is 2.69. The fourth-order valence-electron chi connectivity index (χ4n) is 2.05. The number of carboxylic acid groups (broad SMARTS) is 1. The first kappa shape index (κ1) is 16.7. The number of sulfonamides is 1. The van der Waals surface area contributed by atoms with Gasteiger partial charge < -0.3 is 5.11 Å². The van der Waals surface area contributed by atoms with Gasteiger partial charge in [0.15, 0.2) is 0 Å². The van der Waals surface area contributed by atoms with Crippen molar-refractivity contribution < 1.29 is 18.3 Å². The molecule has 0 unspecified atom stereocenters. The summed E-state index contributed by atoms with van der Waals surface area (Å²) in [6, 6.07) is 1.57. The van der Waals surface area contributed by atoms with Gasteiger partial charge in [0.1, 0.15) is 6.04 Å². The molecule has 0 spiro atoms. The van der Waals surface area contributed by atoms with Gasteiger partial charge in [-0.1, -0.05) is 0 Å². The normalized spacial score (nSPS) is 13.5. The predicted octanol–water partition coefficient (Wildman–Crippen LogP) is 0.391. The average Bonchev–Trinajstić information content (AvgIpc) is 2.62. The average molecular weight is 392 g/mol. The van der Waals surface area contributed by atoms with Gasteiger partial charge in [-0.25, -0.2) is 13.2 Å². The maximum absolute atomic E-state index is 12.3. The molecule has 1 heterocycles. The number of aryl methyl sites for hydroxylation is 2. The van der Waals surface area contributed by atoms with Crippen molar-refractivity contribution >= 4 is 43.0 Å². The van der Waals surface area contributed by atoms with Crippen LogP contribution >= 0.6 is 15.9 Å². The molecule has 2 N–H and O–H groups in total. The summed E-state index contributed by atoms with van der Waals surface area (Å²) in [7, 11) is -0.940. The van der Waals surface area contributed by atoms with Crippen LogP contribution < -0.4 is 10.4 Å². The molecule has 2 aromatic rings. The monoisotopic (exact) mass is 391 g/mol. The van der Waals surface area contributed by atoms with Crippen molar-refractivity contribution in [1.29, 1.82) is 0 Å². The zero-order valence-electron chi connectivity index (χ0n) is 12.0. The van der Waals surface area contributed by atoms with E-state index in [2.05, 4.69) is 20.7 Å². The first-order valence-electron chi connectivity index (χ1n) is 6.16. The number of nitrogens with one attached hydrogen (secondary N) is 1. The molecule has 0 radical (unpaired) electrons. The summed E-state index contributed by atoms with van der Waals surface area (Å²) in [5.74, 6) is -1.28. The van der Waals surface area contributed by atoms with Crippen molar-refractivity contribution in [1.82, 2.24) is 13.9 Å². The zero-order valence-corrected chi connectivity index (χ0v) is 14.4. The number of fused-ring (bicyclic) bond motifs is 1. The van der Waals surface area contributed by atoms with Gasteiger partial charge in [-0.3, -0.25) is 13.9 Å². The van der Waals surface area contributed by atoms with Crippen molar-refractivity contribution in [3.8, 4) is 0 Å². The summed E-state index contributed by atoms with van der Waals surface area (Å²) in [6.45, 7) is 1.23. The molecule has 0 aliphatic heterocycles. The number of carbonyl (C=O) groups is 1. The summed E-state index contributed by atoms with van der Waals surface area (Å²) in [5, 5.41) is 8.83. The van der Waals surface area contributed by atoms with E-state index in [9.17, 15) is 18.0 Å². The maximum Gasteiger partial charge on any atom is 0.328 e. The lowest BCUT2D eigenvalue weighted by atomic mass is 10.3. The Kier molecular flexibility index (Phi) is 4.20. The van der Waals surface area contributed by atoms with E-state index in [0.29, 0.717) is 11.0 Å². The van der Waals surface area contributed by atoms with Crippen LogP contribution in [0.5, 0.6) is 0 Å². The number of imidazole rings is 1. The van der Waals surface area contributed by atoms with Crippen molar-refractivity contribution in [2.45, 2.75) is 17.9 Å². The number of aromatic nitrogens is 2. The van der Waals surface area contributed by atoms with Crippen LogP contribution in [-0.2, 0) is 28.9 Å². The van der Waals surface area contributed by atoms with Crippen molar-refractivity contribution in [2.75, 3.05) is 0 Å². The minimum absolute atomic E-state index is 0.130. The second-order valence-electron chi connectivity index (χ2n) is 4.85. The van der Waals surface area contributed by atoms with E-state index in [4.69, 9.17) is 5.11 Å². The van der Waals surface area contributed by atoms with E-state index in [1.165, 1.54) is 35.2 Å². The number of rotatable bonds is 4. The molecule has 8 nitrogen and oxygen atoms in total. The summed E-state index contributed by atoms with van der Waals surface area (Å²) in [6.07, 6.45) is 0. The minimum atomic E-state index is -4.05. The molecule has 0 saturated carbocycles. The van der Waals surface area contributed by atoms with E-state index in [1.807, 2.05) is 0 Å². The van der Waals surface area contributed by atoms with E-state index >= 15 is 0 Å². The second-order valence-corrected chi connectivity index (χ2v) is 7.39. The van der Waals surface area contributed by atoms with E-state index < -0.39 is 22.0 Å². The molecule has 2 rings (SSSR count). The van der Waals surface area contributed by atoms with Gasteiger partial charge in [-0.2, -0.15) is 4.72 Å². The van der Waals surface area contributed by atoms with Crippen molar-refractivity contribution in [2.24, 2.45) is 14.1 Å². The van der Waals surface area contributed by atoms with Gasteiger partial charge >= 0.3 is 11.7 Å². The first-order valence-corrected chi connectivity index (χ1v) is 8.44. The number of aliphatic carboxylic acids is 1. The van der Waals surface area contributed by atoms with Crippen LogP contribution in [0, 0.1) is 0 Å². The highest BCUT2D eigenvalue weighted by molar-refractivity contribution is 9.10. The molecule has 1 aromatic heterocycles. The van der Waals surface area contributed by atoms with Crippen LogP contribution in [0.4, 0.5) is 0 Å². The number of benzene rings is 1. The number of hydrogen-bond acceptors (Lipinski definition) is 4. The summed E-state index contributed by atoms with van der Waals surface area (Å²) < 4.78 is 29.7. The lowest BCUT2D eigenvalue weighted by Crippen LogP contribution is -2.38. The molecule has 0 aliphatic carbocycles.